The number of nitrogens with zero attached hydrogens (tertiary/aromatic N) is 1. The van der Waals surface area contributed by atoms with E-state index in [1.165, 1.54) is 7.11 Å². The van der Waals surface area contributed by atoms with Gasteiger partial charge in [-0.05, 0) is 35.7 Å². The summed E-state index contributed by atoms with van der Waals surface area (Å²) < 4.78 is 10.5. The van der Waals surface area contributed by atoms with Gasteiger partial charge in [0, 0.05) is 18.3 Å². The van der Waals surface area contributed by atoms with Gasteiger partial charge < -0.3 is 25.0 Å². The minimum absolute atomic E-state index is 0.182. The largest absolute Gasteiger partial charge is 0.497 e. The maximum absolute atomic E-state index is 13.5. The topological polar surface area (TPSA) is 79.9 Å². The van der Waals surface area contributed by atoms with Crippen molar-refractivity contribution in [2.24, 2.45) is 0 Å². The Hall–Kier alpha value is -4.00. The van der Waals surface area contributed by atoms with Crippen LogP contribution in [0.4, 0.5) is 16.2 Å². The molecule has 1 atom stereocenters. The first-order valence-corrected chi connectivity index (χ1v) is 10.3. The molecule has 0 bridgehead atoms. The van der Waals surface area contributed by atoms with E-state index < -0.39 is 12.1 Å². The molecule has 0 saturated heterocycles. The number of rotatable bonds is 6. The Morgan fingerprint density at radius 1 is 0.938 bits per heavy atom. The van der Waals surface area contributed by atoms with Crippen LogP contribution >= 0.6 is 0 Å². The van der Waals surface area contributed by atoms with Crippen molar-refractivity contribution in [2.45, 2.75) is 12.5 Å². The van der Waals surface area contributed by atoms with Crippen LogP contribution in [0.15, 0.2) is 72.8 Å². The molecule has 1 aliphatic heterocycles. The first-order chi connectivity index (χ1) is 15.6. The second-order valence-electron chi connectivity index (χ2n) is 7.38. The average molecular weight is 431 g/mol. The second-order valence-corrected chi connectivity index (χ2v) is 7.38. The molecule has 2 N–H and O–H groups in total. The Labute approximate surface area is 187 Å². The van der Waals surface area contributed by atoms with E-state index in [9.17, 15) is 9.59 Å². The van der Waals surface area contributed by atoms with Gasteiger partial charge in [0.15, 0.2) is 0 Å². The van der Waals surface area contributed by atoms with Gasteiger partial charge in [-0.15, -0.1) is 0 Å². The van der Waals surface area contributed by atoms with Gasteiger partial charge in [0.1, 0.15) is 17.5 Å². The highest BCUT2D eigenvalue weighted by Crippen LogP contribution is 2.31. The summed E-state index contributed by atoms with van der Waals surface area (Å²) in [5, 5.41) is 5.62. The maximum atomic E-state index is 13.5. The van der Waals surface area contributed by atoms with Gasteiger partial charge in [0.25, 0.3) is 5.91 Å². The third-order valence-corrected chi connectivity index (χ3v) is 5.47. The first-order valence-electron chi connectivity index (χ1n) is 10.3. The fourth-order valence-electron chi connectivity index (χ4n) is 3.85. The second kappa shape index (κ2) is 9.43. The Balaban J connectivity index is 1.57. The minimum Gasteiger partial charge on any atom is -0.497 e. The van der Waals surface area contributed by atoms with Gasteiger partial charge in [0.2, 0.25) is 0 Å². The van der Waals surface area contributed by atoms with Gasteiger partial charge >= 0.3 is 6.03 Å². The zero-order valence-corrected chi connectivity index (χ0v) is 18.0. The molecule has 0 unspecified atom stereocenters. The Bertz CT molecular complexity index is 1120. The number of urea groups is 1. The van der Waals surface area contributed by atoms with E-state index in [1.807, 2.05) is 54.6 Å². The number of nitrogens with one attached hydrogen (secondary N) is 2. The van der Waals surface area contributed by atoms with Crippen LogP contribution in [-0.4, -0.2) is 32.7 Å². The Kier molecular flexibility index (Phi) is 6.26. The lowest BCUT2D eigenvalue weighted by atomic mass is 10.1. The molecule has 164 valence electrons. The number of hydrogen-bond acceptors (Lipinski definition) is 4. The molecule has 7 nitrogen and oxygen atoms in total. The molecule has 0 aromatic heterocycles. The van der Waals surface area contributed by atoms with Crippen molar-refractivity contribution in [2.75, 3.05) is 31.0 Å². The molecule has 0 spiro atoms. The minimum atomic E-state index is -0.841. The predicted octanol–water partition coefficient (Wildman–Crippen LogP) is 4.16. The number of para-hydroxylation sites is 1. The van der Waals surface area contributed by atoms with Crippen molar-refractivity contribution in [3.8, 4) is 11.5 Å². The van der Waals surface area contributed by atoms with Crippen LogP contribution in [0.1, 0.15) is 17.2 Å². The highest BCUT2D eigenvalue weighted by Gasteiger charge is 2.32. The number of amides is 3. The number of anilines is 2. The molecule has 7 heteroatoms. The summed E-state index contributed by atoms with van der Waals surface area (Å²) in [5.74, 6) is 0.881. The first kappa shape index (κ1) is 21.2. The molecular weight excluding hydrogens is 406 g/mol. The van der Waals surface area contributed by atoms with Gasteiger partial charge in [-0.1, -0.05) is 48.5 Å². The van der Waals surface area contributed by atoms with Crippen molar-refractivity contribution < 1.29 is 19.1 Å². The monoisotopic (exact) mass is 431 g/mol. The lowest BCUT2D eigenvalue weighted by molar-refractivity contribution is -0.120. The van der Waals surface area contributed by atoms with Gasteiger partial charge in [-0.25, -0.2) is 4.79 Å². The number of carbonyl (C=O) groups excluding carboxylic acids is 2. The highest BCUT2D eigenvalue weighted by molar-refractivity contribution is 6.02. The summed E-state index contributed by atoms with van der Waals surface area (Å²) in [6.07, 6.45) is 0.790. The molecule has 3 amide bonds. The molecule has 0 aliphatic carbocycles. The number of ether oxygens (including phenoxy) is 2. The molecule has 1 heterocycles. The summed E-state index contributed by atoms with van der Waals surface area (Å²) in [4.78, 5) is 28.2. The molecular formula is C25H25N3O4. The normalized spacial score (nSPS) is 13.1. The lowest BCUT2D eigenvalue weighted by Crippen LogP contribution is -2.43. The highest BCUT2D eigenvalue weighted by atomic mass is 16.5. The molecule has 3 aromatic carbocycles. The van der Waals surface area contributed by atoms with Crippen LogP contribution in [0.25, 0.3) is 0 Å². The van der Waals surface area contributed by atoms with Crippen molar-refractivity contribution in [1.82, 2.24) is 5.32 Å². The van der Waals surface area contributed by atoms with E-state index in [-0.39, 0.29) is 5.91 Å². The molecule has 0 fully saturated rings. The lowest BCUT2D eigenvalue weighted by Gasteiger charge is -2.25. The predicted molar refractivity (Wildman–Crippen MR) is 123 cm³/mol. The van der Waals surface area contributed by atoms with Gasteiger partial charge in [-0.3, -0.25) is 4.79 Å². The van der Waals surface area contributed by atoms with E-state index in [0.29, 0.717) is 29.3 Å². The summed E-state index contributed by atoms with van der Waals surface area (Å²) in [6.45, 7) is 0.580. The number of hydrogen-bond donors (Lipinski definition) is 2. The van der Waals surface area contributed by atoms with E-state index >= 15 is 0 Å². The molecule has 0 radical (unpaired) electrons. The van der Waals surface area contributed by atoms with Crippen LogP contribution < -0.4 is 25.0 Å². The SMILES string of the molecule is COc1ccc(NC(=O)N[C@@H](C(=O)N2CCc3ccccc32)c2ccccc2)c(OC)c1. The fraction of sp³-hybridized carbons (Fsp3) is 0.200. The van der Waals surface area contributed by atoms with Crippen molar-refractivity contribution in [1.29, 1.82) is 0 Å². The molecule has 32 heavy (non-hydrogen) atoms. The standard InChI is InChI=1S/C25H25N3O4/c1-31-19-12-13-20(22(16-19)32-2)26-25(30)27-23(18-9-4-3-5-10-18)24(29)28-15-14-17-8-6-7-11-21(17)28/h3-13,16,23H,14-15H2,1-2H3,(H2,26,27,30)/t23-/m1/s1. The van der Waals surface area contributed by atoms with Gasteiger partial charge in [-0.2, -0.15) is 0 Å². The van der Waals surface area contributed by atoms with E-state index in [1.54, 1.807) is 30.2 Å². The summed E-state index contributed by atoms with van der Waals surface area (Å²) in [5.41, 5.74) is 3.19. The number of fused-ring (bicyclic) bond motifs is 1. The Morgan fingerprint density at radius 2 is 1.69 bits per heavy atom. The summed E-state index contributed by atoms with van der Waals surface area (Å²) >= 11 is 0. The molecule has 3 aromatic rings. The van der Waals surface area contributed by atoms with Crippen molar-refractivity contribution >= 4 is 23.3 Å². The van der Waals surface area contributed by atoms with Crippen molar-refractivity contribution in [3.05, 3.63) is 83.9 Å². The third-order valence-electron chi connectivity index (χ3n) is 5.47. The molecule has 1 aliphatic rings. The number of methoxy groups -OCH3 is 2. The quantitative estimate of drug-likeness (QED) is 0.614. The number of carbonyl (C=O) groups is 2. The van der Waals surface area contributed by atoms with Crippen LogP contribution in [0.3, 0.4) is 0 Å². The summed E-state index contributed by atoms with van der Waals surface area (Å²) in [6, 6.07) is 20.8. The van der Waals surface area contributed by atoms with Crippen molar-refractivity contribution in [3.63, 3.8) is 0 Å². The van der Waals surface area contributed by atoms with Gasteiger partial charge in [0.05, 0.1) is 19.9 Å². The molecule has 4 rings (SSSR count). The zero-order valence-electron chi connectivity index (χ0n) is 18.0. The van der Waals surface area contributed by atoms with Crippen LogP contribution in [0.2, 0.25) is 0 Å². The fourth-order valence-corrected chi connectivity index (χ4v) is 3.85. The van der Waals surface area contributed by atoms with E-state index in [2.05, 4.69) is 10.6 Å². The Morgan fingerprint density at radius 3 is 2.44 bits per heavy atom. The third kappa shape index (κ3) is 4.37. The van der Waals surface area contributed by atoms with E-state index in [4.69, 9.17) is 9.47 Å². The van der Waals surface area contributed by atoms with E-state index in [0.717, 1.165) is 17.7 Å². The van der Waals surface area contributed by atoms with Crippen LogP contribution in [0, 0.1) is 0 Å². The van der Waals surface area contributed by atoms with Crippen LogP contribution in [-0.2, 0) is 11.2 Å². The maximum Gasteiger partial charge on any atom is 0.320 e. The molecule has 0 saturated carbocycles. The number of benzene rings is 3. The average Bonchev–Trinajstić information content (AvgIpc) is 3.27. The smallest absolute Gasteiger partial charge is 0.320 e. The van der Waals surface area contributed by atoms with Crippen LogP contribution in [0.5, 0.6) is 11.5 Å². The summed E-state index contributed by atoms with van der Waals surface area (Å²) in [7, 11) is 3.07. The zero-order chi connectivity index (χ0) is 22.5.